The second-order valence-electron chi connectivity index (χ2n) is 6.38. The molecule has 1 aliphatic heterocycles. The molecule has 0 spiro atoms. The van der Waals surface area contributed by atoms with Gasteiger partial charge in [0.2, 0.25) is 5.95 Å². The van der Waals surface area contributed by atoms with Crippen LogP contribution in [0.2, 0.25) is 5.02 Å². The number of hydrogen-bond donors (Lipinski definition) is 0. The molecule has 4 rings (SSSR count). The lowest BCUT2D eigenvalue weighted by Gasteiger charge is -2.28. The Hall–Kier alpha value is -2.02. The summed E-state index contributed by atoms with van der Waals surface area (Å²) in [6.07, 6.45) is 0. The number of nitrogens with zero attached hydrogens (tertiary/aromatic N) is 4. The van der Waals surface area contributed by atoms with Crippen LogP contribution in [0.5, 0.6) is 0 Å². The second kappa shape index (κ2) is 8.33. The topological polar surface area (TPSA) is 43.2 Å². The van der Waals surface area contributed by atoms with Gasteiger partial charge in [-0.1, -0.05) is 59.8 Å². The first-order valence-electron chi connectivity index (χ1n) is 8.94. The monoisotopic (exact) mass is 400 g/mol. The highest BCUT2D eigenvalue weighted by atomic mass is 35.5. The van der Waals surface area contributed by atoms with Crippen molar-refractivity contribution in [2.75, 3.05) is 31.2 Å². The summed E-state index contributed by atoms with van der Waals surface area (Å²) in [5, 5.41) is 10.7. The van der Waals surface area contributed by atoms with Crippen LogP contribution in [0.25, 0.3) is 5.69 Å². The van der Waals surface area contributed by atoms with E-state index in [9.17, 15) is 0 Å². The molecule has 5 nitrogen and oxygen atoms in total. The number of para-hydroxylation sites is 1. The summed E-state index contributed by atoms with van der Waals surface area (Å²) in [7, 11) is 0. The van der Waals surface area contributed by atoms with Crippen molar-refractivity contribution in [2.45, 2.75) is 17.8 Å². The molecular formula is C20H21ClN4OS. The lowest BCUT2D eigenvalue weighted by atomic mass is 10.2. The predicted molar refractivity (Wildman–Crippen MR) is 110 cm³/mol. The number of aromatic nitrogens is 3. The van der Waals surface area contributed by atoms with E-state index >= 15 is 0 Å². The van der Waals surface area contributed by atoms with Crippen molar-refractivity contribution in [3.8, 4) is 5.69 Å². The minimum Gasteiger partial charge on any atom is -0.378 e. The molecule has 0 amide bonds. The van der Waals surface area contributed by atoms with E-state index in [4.69, 9.17) is 16.3 Å². The molecule has 2 heterocycles. The van der Waals surface area contributed by atoms with Gasteiger partial charge in [0.05, 0.1) is 18.9 Å². The van der Waals surface area contributed by atoms with Gasteiger partial charge in [-0.3, -0.25) is 4.57 Å². The molecule has 2 aromatic carbocycles. The molecule has 1 aromatic heterocycles. The van der Waals surface area contributed by atoms with Crippen molar-refractivity contribution in [3.05, 3.63) is 64.7 Å². The van der Waals surface area contributed by atoms with Crippen LogP contribution < -0.4 is 4.90 Å². The molecule has 0 unspecified atom stereocenters. The van der Waals surface area contributed by atoms with Crippen LogP contribution >= 0.6 is 23.4 Å². The first-order chi connectivity index (χ1) is 13.2. The number of morpholine rings is 1. The molecule has 0 N–H and O–H groups in total. The molecule has 27 heavy (non-hydrogen) atoms. The van der Waals surface area contributed by atoms with Gasteiger partial charge < -0.3 is 9.64 Å². The second-order valence-corrected chi connectivity index (χ2v) is 7.73. The summed E-state index contributed by atoms with van der Waals surface area (Å²) >= 11 is 7.97. The van der Waals surface area contributed by atoms with Gasteiger partial charge in [0, 0.05) is 23.9 Å². The Kier molecular flexibility index (Phi) is 5.66. The number of ether oxygens (including phenoxy) is 1. The van der Waals surface area contributed by atoms with E-state index < -0.39 is 0 Å². The lowest BCUT2D eigenvalue weighted by Crippen LogP contribution is -2.38. The zero-order valence-electron chi connectivity index (χ0n) is 15.1. The van der Waals surface area contributed by atoms with Crippen molar-refractivity contribution in [3.63, 3.8) is 0 Å². The predicted octanol–water partition coefficient (Wildman–Crippen LogP) is 4.36. The van der Waals surface area contributed by atoms with Gasteiger partial charge >= 0.3 is 0 Å². The number of anilines is 1. The van der Waals surface area contributed by atoms with Crippen LogP contribution in [0.4, 0.5) is 5.95 Å². The van der Waals surface area contributed by atoms with E-state index in [0.29, 0.717) is 13.2 Å². The number of halogens is 1. The zero-order chi connectivity index (χ0) is 18.6. The molecule has 0 saturated carbocycles. The van der Waals surface area contributed by atoms with E-state index in [1.165, 1.54) is 5.56 Å². The van der Waals surface area contributed by atoms with Crippen molar-refractivity contribution >= 4 is 29.3 Å². The fourth-order valence-corrected chi connectivity index (χ4v) is 4.33. The van der Waals surface area contributed by atoms with Crippen LogP contribution in [0.15, 0.2) is 53.7 Å². The maximum Gasteiger partial charge on any atom is 0.232 e. The van der Waals surface area contributed by atoms with Crippen LogP contribution in [0.3, 0.4) is 0 Å². The van der Waals surface area contributed by atoms with Crippen molar-refractivity contribution in [1.82, 2.24) is 14.8 Å². The highest BCUT2D eigenvalue weighted by Gasteiger charge is 2.22. The third-order valence-corrected chi connectivity index (χ3v) is 5.93. The number of rotatable bonds is 5. The Balaban J connectivity index is 1.70. The Bertz CT molecular complexity index is 924. The molecule has 1 aliphatic rings. The van der Waals surface area contributed by atoms with Crippen molar-refractivity contribution in [1.29, 1.82) is 0 Å². The summed E-state index contributed by atoms with van der Waals surface area (Å²) in [5.74, 6) is 1.61. The fraction of sp³-hybridized carbons (Fsp3) is 0.300. The molecule has 0 aliphatic carbocycles. The van der Waals surface area contributed by atoms with E-state index in [1.54, 1.807) is 11.8 Å². The van der Waals surface area contributed by atoms with Crippen LogP contribution in [0.1, 0.15) is 11.1 Å². The van der Waals surface area contributed by atoms with E-state index in [0.717, 1.165) is 46.2 Å². The largest absolute Gasteiger partial charge is 0.378 e. The summed E-state index contributed by atoms with van der Waals surface area (Å²) in [5.41, 5.74) is 3.38. The molecule has 1 fully saturated rings. The van der Waals surface area contributed by atoms with Gasteiger partial charge in [-0.15, -0.1) is 10.2 Å². The first kappa shape index (κ1) is 18.3. The van der Waals surface area contributed by atoms with E-state index in [2.05, 4.69) is 38.7 Å². The maximum absolute atomic E-state index is 6.32. The average molecular weight is 401 g/mol. The highest BCUT2D eigenvalue weighted by Crippen LogP contribution is 2.31. The third kappa shape index (κ3) is 3.98. The van der Waals surface area contributed by atoms with Crippen LogP contribution in [-0.2, 0) is 10.5 Å². The smallest absolute Gasteiger partial charge is 0.232 e. The van der Waals surface area contributed by atoms with E-state index in [1.807, 2.05) is 36.4 Å². The van der Waals surface area contributed by atoms with Gasteiger partial charge in [0.15, 0.2) is 5.16 Å². The minimum atomic E-state index is 0.711. The number of aryl methyl sites for hydroxylation is 1. The summed E-state index contributed by atoms with van der Waals surface area (Å²) < 4.78 is 7.65. The van der Waals surface area contributed by atoms with Crippen LogP contribution in [-0.4, -0.2) is 41.1 Å². The maximum atomic E-state index is 6.32. The molecule has 3 aromatic rings. The number of thioether (sulfide) groups is 1. The Morgan fingerprint density at radius 3 is 2.56 bits per heavy atom. The van der Waals surface area contributed by atoms with E-state index in [-0.39, 0.29) is 0 Å². The molecule has 0 atom stereocenters. The minimum absolute atomic E-state index is 0.711. The quantitative estimate of drug-likeness (QED) is 0.595. The standard InChI is InChI=1S/C20H21ClN4OS/c1-15-6-2-5-9-18(15)25-19(24-10-12-26-13-11-24)22-23-20(25)27-14-16-7-3-4-8-17(16)21/h2-9H,10-14H2,1H3. The van der Waals surface area contributed by atoms with Gasteiger partial charge in [-0.2, -0.15) is 0 Å². The molecule has 0 bridgehead atoms. The molecule has 0 radical (unpaired) electrons. The number of hydrogen-bond acceptors (Lipinski definition) is 5. The SMILES string of the molecule is Cc1ccccc1-n1c(SCc2ccccc2Cl)nnc1N1CCOCC1. The average Bonchev–Trinajstić information content (AvgIpc) is 3.12. The highest BCUT2D eigenvalue weighted by molar-refractivity contribution is 7.98. The number of benzene rings is 2. The lowest BCUT2D eigenvalue weighted by molar-refractivity contribution is 0.122. The Morgan fingerprint density at radius 2 is 1.78 bits per heavy atom. The van der Waals surface area contributed by atoms with Crippen molar-refractivity contribution in [2.24, 2.45) is 0 Å². The summed E-state index contributed by atoms with van der Waals surface area (Å²) in [6, 6.07) is 16.2. The van der Waals surface area contributed by atoms with Gasteiger partial charge in [-0.25, -0.2) is 0 Å². The van der Waals surface area contributed by atoms with Crippen LogP contribution in [0, 0.1) is 6.92 Å². The molecular weight excluding hydrogens is 380 g/mol. The third-order valence-electron chi connectivity index (χ3n) is 4.58. The van der Waals surface area contributed by atoms with Gasteiger partial charge in [0.25, 0.3) is 0 Å². The molecule has 1 saturated heterocycles. The van der Waals surface area contributed by atoms with Gasteiger partial charge in [0.1, 0.15) is 0 Å². The Morgan fingerprint density at radius 1 is 1.04 bits per heavy atom. The molecule has 140 valence electrons. The fourth-order valence-electron chi connectivity index (χ4n) is 3.11. The zero-order valence-corrected chi connectivity index (χ0v) is 16.7. The Labute approximate surface area is 168 Å². The normalized spacial score (nSPS) is 14.5. The molecule has 7 heteroatoms. The van der Waals surface area contributed by atoms with Gasteiger partial charge in [-0.05, 0) is 30.2 Å². The first-order valence-corrected chi connectivity index (χ1v) is 10.3. The summed E-state index contributed by atoms with van der Waals surface area (Å²) in [4.78, 5) is 2.24. The van der Waals surface area contributed by atoms with Crippen molar-refractivity contribution < 1.29 is 4.74 Å². The summed E-state index contributed by atoms with van der Waals surface area (Å²) in [6.45, 7) is 5.17.